The summed E-state index contributed by atoms with van der Waals surface area (Å²) in [5, 5.41) is 5.73. The zero-order valence-electron chi connectivity index (χ0n) is 12.8. The minimum absolute atomic E-state index is 0.174. The highest BCUT2D eigenvalue weighted by Crippen LogP contribution is 2.01. The molecule has 0 spiro atoms. The molecule has 2 N–H and O–H groups in total. The zero-order valence-corrected chi connectivity index (χ0v) is 12.8. The number of unbranched alkanes of at least 4 members (excludes halogenated alkanes) is 1. The molecule has 1 aromatic heterocycles. The third-order valence-electron chi connectivity index (χ3n) is 3.23. The van der Waals surface area contributed by atoms with Crippen molar-refractivity contribution in [2.75, 3.05) is 32.5 Å². The van der Waals surface area contributed by atoms with Gasteiger partial charge in [0, 0.05) is 19.6 Å². The van der Waals surface area contributed by atoms with E-state index in [0.717, 1.165) is 19.4 Å². The van der Waals surface area contributed by atoms with Crippen molar-refractivity contribution in [2.45, 2.75) is 32.7 Å². The van der Waals surface area contributed by atoms with Crippen LogP contribution in [0.5, 0.6) is 0 Å². The Kier molecular flexibility index (Phi) is 6.93. The molecule has 0 bridgehead atoms. The highest BCUT2D eigenvalue weighted by Gasteiger charge is 2.08. The molecule has 0 aliphatic heterocycles. The van der Waals surface area contributed by atoms with Gasteiger partial charge in [0.05, 0.1) is 12.4 Å². The number of anilines is 1. The van der Waals surface area contributed by atoms with E-state index in [1.165, 1.54) is 6.20 Å². The number of nitrogens with zero attached hydrogens (tertiary/aromatic N) is 3. The lowest BCUT2D eigenvalue weighted by Gasteiger charge is -2.20. The smallest absolute Gasteiger partial charge is 0.271 e. The normalized spacial score (nSPS) is 10.9. The van der Waals surface area contributed by atoms with Gasteiger partial charge in [0.15, 0.2) is 0 Å². The van der Waals surface area contributed by atoms with Crippen LogP contribution in [-0.4, -0.2) is 54.0 Å². The van der Waals surface area contributed by atoms with Crippen LogP contribution in [0.1, 0.15) is 37.2 Å². The van der Waals surface area contributed by atoms with E-state index in [1.54, 1.807) is 13.2 Å². The second-order valence-corrected chi connectivity index (χ2v) is 5.08. The summed E-state index contributed by atoms with van der Waals surface area (Å²) in [6, 6.07) is 0.559. The Morgan fingerprint density at radius 3 is 2.75 bits per heavy atom. The van der Waals surface area contributed by atoms with Gasteiger partial charge in [-0.2, -0.15) is 0 Å². The minimum Gasteiger partial charge on any atom is -0.372 e. The van der Waals surface area contributed by atoms with Gasteiger partial charge in [0.1, 0.15) is 11.5 Å². The molecule has 20 heavy (non-hydrogen) atoms. The summed E-state index contributed by atoms with van der Waals surface area (Å²) in [4.78, 5) is 22.3. The van der Waals surface area contributed by atoms with Crippen molar-refractivity contribution in [2.24, 2.45) is 0 Å². The molecule has 112 valence electrons. The number of hydrogen-bond donors (Lipinski definition) is 2. The van der Waals surface area contributed by atoms with E-state index in [2.05, 4.69) is 46.4 Å². The Morgan fingerprint density at radius 1 is 1.35 bits per heavy atom. The van der Waals surface area contributed by atoms with Crippen molar-refractivity contribution in [3.8, 4) is 0 Å². The molecule has 1 rings (SSSR count). The van der Waals surface area contributed by atoms with Gasteiger partial charge in [0.25, 0.3) is 5.91 Å². The summed E-state index contributed by atoms with van der Waals surface area (Å²) in [6.45, 7) is 6.06. The minimum atomic E-state index is -0.174. The number of carbonyl (C=O) groups excluding carboxylic acids is 1. The summed E-state index contributed by atoms with van der Waals surface area (Å²) in [6.07, 6.45) is 5.08. The van der Waals surface area contributed by atoms with E-state index < -0.39 is 0 Å². The molecule has 0 radical (unpaired) electrons. The average Bonchev–Trinajstić information content (AvgIpc) is 2.46. The lowest BCUT2D eigenvalue weighted by atomic mass is 10.2. The molecule has 0 atom stereocenters. The molecular formula is C14H25N5O. The van der Waals surface area contributed by atoms with Crippen LogP contribution in [0.2, 0.25) is 0 Å². The predicted octanol–water partition coefficient (Wildman–Crippen LogP) is 1.37. The van der Waals surface area contributed by atoms with E-state index in [1.807, 2.05) is 0 Å². The molecule has 0 aliphatic carbocycles. The van der Waals surface area contributed by atoms with E-state index in [9.17, 15) is 4.79 Å². The SMILES string of the molecule is CNc1cncc(C(=O)NCCCCN(C)C(C)C)n1. The fraction of sp³-hybridized carbons (Fsp3) is 0.643. The van der Waals surface area contributed by atoms with Gasteiger partial charge in [-0.3, -0.25) is 9.78 Å². The topological polar surface area (TPSA) is 70.2 Å². The van der Waals surface area contributed by atoms with Crippen molar-refractivity contribution in [3.63, 3.8) is 0 Å². The van der Waals surface area contributed by atoms with Gasteiger partial charge < -0.3 is 15.5 Å². The first kappa shape index (κ1) is 16.4. The van der Waals surface area contributed by atoms with Crippen molar-refractivity contribution < 1.29 is 4.79 Å². The summed E-state index contributed by atoms with van der Waals surface area (Å²) in [5.41, 5.74) is 0.344. The first-order valence-electron chi connectivity index (χ1n) is 7.02. The molecule has 0 saturated carbocycles. The Labute approximate surface area is 121 Å². The fourth-order valence-corrected chi connectivity index (χ4v) is 1.63. The average molecular weight is 279 g/mol. The molecule has 0 aromatic carbocycles. The summed E-state index contributed by atoms with van der Waals surface area (Å²) in [5.74, 6) is 0.419. The van der Waals surface area contributed by atoms with Crippen LogP contribution in [0.15, 0.2) is 12.4 Å². The lowest BCUT2D eigenvalue weighted by Crippen LogP contribution is -2.29. The summed E-state index contributed by atoms with van der Waals surface area (Å²) < 4.78 is 0. The van der Waals surface area contributed by atoms with Crippen LogP contribution >= 0.6 is 0 Å². The van der Waals surface area contributed by atoms with Crippen molar-refractivity contribution >= 4 is 11.7 Å². The van der Waals surface area contributed by atoms with Crippen LogP contribution in [0, 0.1) is 0 Å². The van der Waals surface area contributed by atoms with E-state index in [0.29, 0.717) is 24.1 Å². The van der Waals surface area contributed by atoms with Gasteiger partial charge in [-0.05, 0) is 40.3 Å². The van der Waals surface area contributed by atoms with E-state index >= 15 is 0 Å². The molecule has 6 nitrogen and oxygen atoms in total. The first-order valence-corrected chi connectivity index (χ1v) is 7.02. The van der Waals surface area contributed by atoms with Crippen LogP contribution in [0.4, 0.5) is 5.82 Å². The molecule has 1 heterocycles. The predicted molar refractivity (Wildman–Crippen MR) is 80.9 cm³/mol. The quantitative estimate of drug-likeness (QED) is 0.703. The van der Waals surface area contributed by atoms with Crippen molar-refractivity contribution in [1.82, 2.24) is 20.2 Å². The van der Waals surface area contributed by atoms with E-state index in [4.69, 9.17) is 0 Å². The zero-order chi connectivity index (χ0) is 15.0. The molecule has 0 fully saturated rings. The number of carbonyl (C=O) groups is 1. The van der Waals surface area contributed by atoms with E-state index in [-0.39, 0.29) is 5.91 Å². The first-order chi connectivity index (χ1) is 9.54. The Balaban J connectivity index is 2.26. The molecule has 1 amide bonds. The number of aromatic nitrogens is 2. The largest absolute Gasteiger partial charge is 0.372 e. The molecule has 6 heteroatoms. The highest BCUT2D eigenvalue weighted by molar-refractivity contribution is 5.92. The number of rotatable bonds is 8. The van der Waals surface area contributed by atoms with Crippen LogP contribution < -0.4 is 10.6 Å². The van der Waals surface area contributed by atoms with Gasteiger partial charge >= 0.3 is 0 Å². The second kappa shape index (κ2) is 8.47. The summed E-state index contributed by atoms with van der Waals surface area (Å²) >= 11 is 0. The van der Waals surface area contributed by atoms with Gasteiger partial charge in [0.2, 0.25) is 0 Å². The lowest BCUT2D eigenvalue weighted by molar-refractivity contribution is 0.0947. The highest BCUT2D eigenvalue weighted by atomic mass is 16.1. The maximum Gasteiger partial charge on any atom is 0.271 e. The monoisotopic (exact) mass is 279 g/mol. The van der Waals surface area contributed by atoms with Gasteiger partial charge in [-0.15, -0.1) is 0 Å². The van der Waals surface area contributed by atoms with Crippen LogP contribution in [0.25, 0.3) is 0 Å². The summed E-state index contributed by atoms with van der Waals surface area (Å²) in [7, 11) is 3.86. The molecule has 0 unspecified atom stereocenters. The van der Waals surface area contributed by atoms with Crippen LogP contribution in [-0.2, 0) is 0 Å². The Hall–Kier alpha value is -1.69. The molecule has 0 saturated heterocycles. The molecular weight excluding hydrogens is 254 g/mol. The van der Waals surface area contributed by atoms with Gasteiger partial charge in [-0.25, -0.2) is 4.98 Å². The maximum atomic E-state index is 11.9. The van der Waals surface area contributed by atoms with Gasteiger partial charge in [-0.1, -0.05) is 0 Å². The maximum absolute atomic E-state index is 11.9. The number of nitrogens with one attached hydrogen (secondary N) is 2. The number of amides is 1. The fourth-order valence-electron chi connectivity index (χ4n) is 1.63. The Bertz CT molecular complexity index is 422. The van der Waals surface area contributed by atoms with Crippen molar-refractivity contribution in [1.29, 1.82) is 0 Å². The Morgan fingerprint density at radius 2 is 2.10 bits per heavy atom. The van der Waals surface area contributed by atoms with Crippen LogP contribution in [0.3, 0.4) is 0 Å². The second-order valence-electron chi connectivity index (χ2n) is 5.08. The molecule has 1 aromatic rings. The van der Waals surface area contributed by atoms with Crippen molar-refractivity contribution in [3.05, 3.63) is 18.1 Å². The standard InChI is InChI=1S/C14H25N5O/c1-11(2)19(4)8-6-5-7-17-14(20)12-9-16-10-13(15-3)18-12/h9-11H,5-8H2,1-4H3,(H,15,18)(H,17,20). The molecule has 0 aliphatic rings. The third-order valence-corrected chi connectivity index (χ3v) is 3.23. The number of hydrogen-bond acceptors (Lipinski definition) is 5. The third kappa shape index (κ3) is 5.52.